The molecular weight excluding hydrogens is 354 g/mol. The van der Waals surface area contributed by atoms with Crippen molar-refractivity contribution in [3.05, 3.63) is 39.7 Å². The third-order valence-electron chi connectivity index (χ3n) is 4.19. The molecule has 27 heavy (non-hydrogen) atoms. The summed E-state index contributed by atoms with van der Waals surface area (Å²) in [4.78, 5) is 47.2. The lowest BCUT2D eigenvalue weighted by molar-refractivity contribution is -0.137. The molecule has 2 rings (SSSR count). The number of anilines is 1. The molecule has 1 aromatic heterocycles. The molecule has 1 heterocycles. The zero-order valence-corrected chi connectivity index (χ0v) is 15.0. The van der Waals surface area contributed by atoms with E-state index in [2.05, 4.69) is 10.6 Å². The standard InChI is InChI=1S/C18H21N3O6/c1-9-11-4-3-10(19)7-14(11)27-18(26)12(9)8-15(22)21-13(17(25)20-2)5-6-16(23)24/h3-4,7,13H,5-6,8,19H2,1-2H3,(H,20,25)(H,21,22)(H,23,24). The maximum Gasteiger partial charge on any atom is 0.340 e. The van der Waals surface area contributed by atoms with E-state index >= 15 is 0 Å². The van der Waals surface area contributed by atoms with E-state index in [0.29, 0.717) is 22.2 Å². The quantitative estimate of drug-likeness (QED) is 0.402. The molecule has 0 aliphatic rings. The number of nitrogens with two attached hydrogens (primary N) is 1. The Morgan fingerprint density at radius 3 is 2.63 bits per heavy atom. The molecule has 9 heteroatoms. The first-order chi connectivity index (χ1) is 12.7. The lowest BCUT2D eigenvalue weighted by Gasteiger charge is -2.17. The van der Waals surface area contributed by atoms with Crippen molar-refractivity contribution in [1.82, 2.24) is 10.6 Å². The van der Waals surface area contributed by atoms with Gasteiger partial charge in [-0.2, -0.15) is 0 Å². The molecule has 0 saturated heterocycles. The van der Waals surface area contributed by atoms with E-state index in [9.17, 15) is 19.2 Å². The van der Waals surface area contributed by atoms with E-state index in [-0.39, 0.29) is 24.8 Å². The minimum Gasteiger partial charge on any atom is -0.481 e. The smallest absolute Gasteiger partial charge is 0.340 e. The molecule has 2 amide bonds. The molecule has 0 radical (unpaired) electrons. The number of carbonyl (C=O) groups is 3. The number of carbonyl (C=O) groups excluding carboxylic acids is 2. The number of rotatable bonds is 7. The van der Waals surface area contributed by atoms with E-state index < -0.39 is 29.5 Å². The van der Waals surface area contributed by atoms with Crippen LogP contribution >= 0.6 is 0 Å². The number of likely N-dealkylation sites (N-methyl/N-ethyl adjacent to an activating group) is 1. The second-order valence-corrected chi connectivity index (χ2v) is 6.09. The number of fused-ring (bicyclic) bond motifs is 1. The minimum atomic E-state index is -1.08. The van der Waals surface area contributed by atoms with Crippen LogP contribution in [0, 0.1) is 6.92 Å². The Morgan fingerprint density at radius 2 is 2.00 bits per heavy atom. The average Bonchev–Trinajstić information content (AvgIpc) is 2.61. The molecule has 2 aromatic rings. The lowest BCUT2D eigenvalue weighted by atomic mass is 10.0. The summed E-state index contributed by atoms with van der Waals surface area (Å²) in [5.41, 5.74) is 6.54. The molecule has 5 N–H and O–H groups in total. The predicted octanol–water partition coefficient (Wildman–Crippen LogP) is 0.322. The summed E-state index contributed by atoms with van der Waals surface area (Å²) in [6.45, 7) is 1.69. The predicted molar refractivity (Wildman–Crippen MR) is 98.2 cm³/mol. The number of hydrogen-bond donors (Lipinski definition) is 4. The Hall–Kier alpha value is -3.36. The molecular formula is C18H21N3O6. The highest BCUT2D eigenvalue weighted by Crippen LogP contribution is 2.21. The van der Waals surface area contributed by atoms with Crippen LogP contribution in [0.2, 0.25) is 0 Å². The van der Waals surface area contributed by atoms with Gasteiger partial charge in [0.05, 0.1) is 12.0 Å². The van der Waals surface area contributed by atoms with Gasteiger partial charge in [-0.05, 0) is 31.0 Å². The number of aryl methyl sites for hydroxylation is 1. The summed E-state index contributed by atoms with van der Waals surface area (Å²) < 4.78 is 5.24. The number of hydrogen-bond acceptors (Lipinski definition) is 6. The minimum absolute atomic E-state index is 0.0642. The Morgan fingerprint density at radius 1 is 1.30 bits per heavy atom. The summed E-state index contributed by atoms with van der Waals surface area (Å²) in [5.74, 6) is -2.18. The van der Waals surface area contributed by atoms with Crippen molar-refractivity contribution < 1.29 is 23.9 Å². The number of benzene rings is 1. The van der Waals surface area contributed by atoms with Gasteiger partial charge in [0, 0.05) is 30.6 Å². The highest BCUT2D eigenvalue weighted by molar-refractivity contribution is 5.90. The Labute approximate surface area is 154 Å². The Balaban J connectivity index is 2.23. The van der Waals surface area contributed by atoms with Crippen molar-refractivity contribution in [1.29, 1.82) is 0 Å². The topological polar surface area (TPSA) is 152 Å². The first kappa shape index (κ1) is 20.0. The van der Waals surface area contributed by atoms with Crippen molar-refractivity contribution in [2.75, 3.05) is 12.8 Å². The number of nitrogens with one attached hydrogen (secondary N) is 2. The van der Waals surface area contributed by atoms with Gasteiger partial charge in [-0.3, -0.25) is 14.4 Å². The largest absolute Gasteiger partial charge is 0.481 e. The summed E-state index contributed by atoms with van der Waals surface area (Å²) in [5, 5.41) is 14.3. The van der Waals surface area contributed by atoms with Gasteiger partial charge in [0.2, 0.25) is 11.8 Å². The molecule has 0 fully saturated rings. The van der Waals surface area contributed by atoms with Gasteiger partial charge >= 0.3 is 11.6 Å². The van der Waals surface area contributed by atoms with Gasteiger partial charge in [-0.25, -0.2) is 4.79 Å². The summed E-state index contributed by atoms with van der Waals surface area (Å²) >= 11 is 0. The SMILES string of the molecule is CNC(=O)C(CCC(=O)O)NC(=O)Cc1c(C)c2ccc(N)cc2oc1=O. The average molecular weight is 375 g/mol. The molecule has 1 aromatic carbocycles. The van der Waals surface area contributed by atoms with Crippen molar-refractivity contribution in [2.24, 2.45) is 0 Å². The fourth-order valence-electron chi connectivity index (χ4n) is 2.73. The maximum absolute atomic E-state index is 12.3. The number of amides is 2. The molecule has 0 bridgehead atoms. The third-order valence-corrected chi connectivity index (χ3v) is 4.19. The van der Waals surface area contributed by atoms with Crippen LogP contribution in [0.5, 0.6) is 0 Å². The van der Waals surface area contributed by atoms with Gasteiger partial charge in [0.15, 0.2) is 0 Å². The van der Waals surface area contributed by atoms with Crippen LogP contribution in [0.1, 0.15) is 24.0 Å². The number of aliphatic carboxylic acids is 1. The fraction of sp³-hybridized carbons (Fsp3) is 0.333. The molecule has 0 spiro atoms. The lowest BCUT2D eigenvalue weighted by Crippen LogP contribution is -2.46. The monoisotopic (exact) mass is 375 g/mol. The highest BCUT2D eigenvalue weighted by atomic mass is 16.4. The van der Waals surface area contributed by atoms with Crippen LogP contribution in [0.3, 0.4) is 0 Å². The van der Waals surface area contributed by atoms with Crippen LogP contribution in [-0.2, 0) is 20.8 Å². The second-order valence-electron chi connectivity index (χ2n) is 6.09. The maximum atomic E-state index is 12.3. The third kappa shape index (κ3) is 4.84. The molecule has 9 nitrogen and oxygen atoms in total. The number of carboxylic acids is 1. The first-order valence-electron chi connectivity index (χ1n) is 8.27. The van der Waals surface area contributed by atoms with Crippen LogP contribution in [0.4, 0.5) is 5.69 Å². The summed E-state index contributed by atoms with van der Waals surface area (Å²) in [6.07, 6.45) is -0.642. The highest BCUT2D eigenvalue weighted by Gasteiger charge is 2.22. The summed E-state index contributed by atoms with van der Waals surface area (Å²) in [6, 6.07) is 3.88. The zero-order chi connectivity index (χ0) is 20.1. The van der Waals surface area contributed by atoms with Crippen LogP contribution in [-0.4, -0.2) is 36.0 Å². The van der Waals surface area contributed by atoms with E-state index in [1.807, 2.05) is 0 Å². The van der Waals surface area contributed by atoms with Crippen LogP contribution < -0.4 is 22.0 Å². The van der Waals surface area contributed by atoms with E-state index in [0.717, 1.165) is 0 Å². The summed E-state index contributed by atoms with van der Waals surface area (Å²) in [7, 11) is 1.38. The van der Waals surface area contributed by atoms with E-state index in [1.165, 1.54) is 13.1 Å². The van der Waals surface area contributed by atoms with Gasteiger partial charge in [-0.1, -0.05) is 0 Å². The van der Waals surface area contributed by atoms with Crippen molar-refractivity contribution in [2.45, 2.75) is 32.2 Å². The van der Waals surface area contributed by atoms with Gasteiger partial charge < -0.3 is 25.9 Å². The first-order valence-corrected chi connectivity index (χ1v) is 8.27. The van der Waals surface area contributed by atoms with Crippen LogP contribution in [0.15, 0.2) is 27.4 Å². The van der Waals surface area contributed by atoms with Crippen molar-refractivity contribution in [3.63, 3.8) is 0 Å². The molecule has 0 saturated carbocycles. The zero-order valence-electron chi connectivity index (χ0n) is 15.0. The molecule has 144 valence electrons. The number of nitrogen functional groups attached to an aromatic ring is 1. The van der Waals surface area contributed by atoms with Crippen molar-refractivity contribution >= 4 is 34.4 Å². The second kappa shape index (κ2) is 8.35. The van der Waals surface area contributed by atoms with E-state index in [1.54, 1.807) is 19.1 Å². The van der Waals surface area contributed by atoms with Gasteiger partial charge in [-0.15, -0.1) is 0 Å². The van der Waals surface area contributed by atoms with Gasteiger partial charge in [0.1, 0.15) is 11.6 Å². The Bertz CT molecular complexity index is 950. The molecule has 0 aliphatic carbocycles. The fourth-order valence-corrected chi connectivity index (χ4v) is 2.73. The molecule has 0 aliphatic heterocycles. The van der Waals surface area contributed by atoms with Crippen LogP contribution in [0.25, 0.3) is 11.0 Å². The molecule has 1 unspecified atom stereocenters. The van der Waals surface area contributed by atoms with E-state index in [4.69, 9.17) is 15.3 Å². The number of carboxylic acid groups (broad SMARTS) is 1. The Kier molecular flexibility index (Phi) is 6.17. The normalized spacial score (nSPS) is 11.8. The van der Waals surface area contributed by atoms with Gasteiger partial charge in [0.25, 0.3) is 0 Å². The van der Waals surface area contributed by atoms with Crippen molar-refractivity contribution in [3.8, 4) is 0 Å². The molecule has 1 atom stereocenters.